The van der Waals surface area contributed by atoms with Crippen LogP contribution in [0.25, 0.3) is 0 Å². The number of benzene rings is 2. The maximum Gasteiger partial charge on any atom is 0.229 e. The maximum absolute atomic E-state index is 12.9. The highest BCUT2D eigenvalue weighted by Crippen LogP contribution is 2.36. The summed E-state index contributed by atoms with van der Waals surface area (Å²) in [7, 11) is -1.59. The summed E-state index contributed by atoms with van der Waals surface area (Å²) in [6.45, 7) is 10.9. The Hall–Kier alpha value is -3.57. The number of anilines is 5. The van der Waals surface area contributed by atoms with Crippen LogP contribution in [0.15, 0.2) is 52.6 Å². The number of likely N-dealkylation sites (N-methyl/N-ethyl adjacent to an activating group) is 1. The average Bonchev–Trinajstić information content (AvgIpc) is 2.88. The van der Waals surface area contributed by atoms with Crippen molar-refractivity contribution >= 4 is 56.6 Å². The second-order valence-electron chi connectivity index (χ2n) is 9.84. The Kier molecular flexibility index (Phi) is 8.51. The number of nitrogens with zero attached hydrogens (tertiary/aromatic N) is 5. The van der Waals surface area contributed by atoms with Gasteiger partial charge in [-0.2, -0.15) is 10.1 Å². The molecule has 39 heavy (non-hydrogen) atoms. The topological polar surface area (TPSA) is 112 Å². The zero-order chi connectivity index (χ0) is 28.3. The van der Waals surface area contributed by atoms with Gasteiger partial charge < -0.3 is 20.3 Å². The first kappa shape index (κ1) is 28.4. The molecular formula is C27H34ClN7O3S. The molecule has 12 heteroatoms. The number of nitrogens with one attached hydrogen (secondary N) is 2. The minimum absolute atomic E-state index is 0.0648. The summed E-state index contributed by atoms with van der Waals surface area (Å²) in [5, 5.41) is 12.3. The van der Waals surface area contributed by atoms with Crippen LogP contribution in [-0.4, -0.2) is 61.2 Å². The molecule has 1 aliphatic rings. The van der Waals surface area contributed by atoms with Crippen LogP contribution < -0.4 is 20.3 Å². The van der Waals surface area contributed by atoms with Crippen LogP contribution in [0, 0.1) is 6.92 Å². The third-order valence-electron chi connectivity index (χ3n) is 6.08. The van der Waals surface area contributed by atoms with Crippen molar-refractivity contribution in [2.75, 3.05) is 35.7 Å². The molecule has 1 aliphatic heterocycles. The zero-order valence-corrected chi connectivity index (χ0v) is 24.5. The Morgan fingerprint density at radius 1 is 1.05 bits per heavy atom. The van der Waals surface area contributed by atoms with Crippen molar-refractivity contribution in [1.29, 1.82) is 0 Å². The lowest BCUT2D eigenvalue weighted by Crippen LogP contribution is -2.36. The smallest absolute Gasteiger partial charge is 0.229 e. The second kappa shape index (κ2) is 11.7. The summed E-state index contributed by atoms with van der Waals surface area (Å²) in [5.74, 6) is 1.18. The van der Waals surface area contributed by atoms with Gasteiger partial charge in [-0.3, -0.25) is 5.01 Å². The van der Waals surface area contributed by atoms with Gasteiger partial charge in [-0.15, -0.1) is 0 Å². The Morgan fingerprint density at radius 2 is 1.79 bits per heavy atom. The highest BCUT2D eigenvalue weighted by atomic mass is 35.5. The van der Waals surface area contributed by atoms with Crippen LogP contribution in [0.1, 0.15) is 33.3 Å². The fourth-order valence-electron chi connectivity index (χ4n) is 3.97. The van der Waals surface area contributed by atoms with Crippen molar-refractivity contribution in [3.8, 4) is 5.75 Å². The highest BCUT2D eigenvalue weighted by Gasteiger charge is 2.23. The molecule has 0 aliphatic carbocycles. The third-order valence-corrected chi connectivity index (χ3v) is 8.57. The number of aromatic nitrogens is 2. The molecule has 0 bridgehead atoms. The molecule has 1 aromatic heterocycles. The summed E-state index contributed by atoms with van der Waals surface area (Å²) < 4.78 is 32.0. The standard InChI is InChI=1S/C27H34ClN7O3S/c1-17(2)38-24-14-23(35-12-11-34(6)30-16-35)19(5)13-22(24)32-27-29-15-20(28)26(33-27)31-21-9-7-8-10-25(21)39(36,37)18(3)4/h7-10,13-18H,11-12H2,1-6H3,(H2,29,31,32,33). The fourth-order valence-corrected chi connectivity index (χ4v) is 5.31. The summed E-state index contributed by atoms with van der Waals surface area (Å²) >= 11 is 6.41. The van der Waals surface area contributed by atoms with Gasteiger partial charge in [-0.25, -0.2) is 13.4 Å². The number of para-hydroxylation sites is 1. The SMILES string of the molecule is Cc1cc(Nc2ncc(Cl)c(Nc3ccccc3S(=O)(=O)C(C)C)n2)c(OC(C)C)cc1N1C=NN(C)CC1. The van der Waals surface area contributed by atoms with E-state index in [-0.39, 0.29) is 27.8 Å². The van der Waals surface area contributed by atoms with Crippen LogP contribution in [-0.2, 0) is 9.84 Å². The predicted molar refractivity (Wildman–Crippen MR) is 158 cm³/mol. The van der Waals surface area contributed by atoms with Crippen LogP contribution in [0.2, 0.25) is 5.02 Å². The van der Waals surface area contributed by atoms with E-state index in [1.165, 1.54) is 6.20 Å². The van der Waals surface area contributed by atoms with Crippen LogP contribution >= 0.6 is 11.6 Å². The van der Waals surface area contributed by atoms with E-state index >= 15 is 0 Å². The van der Waals surface area contributed by atoms with Gasteiger partial charge >= 0.3 is 0 Å². The normalized spacial score (nSPS) is 13.8. The number of hydrogen-bond acceptors (Lipinski definition) is 10. The number of hydrogen-bond donors (Lipinski definition) is 2. The molecular weight excluding hydrogens is 538 g/mol. The van der Waals surface area contributed by atoms with Crippen molar-refractivity contribution in [3.05, 3.63) is 53.2 Å². The van der Waals surface area contributed by atoms with Crippen LogP contribution in [0.3, 0.4) is 0 Å². The predicted octanol–water partition coefficient (Wildman–Crippen LogP) is 5.59. The molecule has 0 unspecified atom stereocenters. The van der Waals surface area contributed by atoms with Crippen molar-refractivity contribution in [2.24, 2.45) is 5.10 Å². The van der Waals surface area contributed by atoms with E-state index in [4.69, 9.17) is 16.3 Å². The lowest BCUT2D eigenvalue weighted by atomic mass is 10.1. The molecule has 2 aromatic carbocycles. The minimum atomic E-state index is -3.53. The first-order valence-electron chi connectivity index (χ1n) is 12.7. The molecule has 208 valence electrons. The minimum Gasteiger partial charge on any atom is -0.489 e. The van der Waals surface area contributed by atoms with Gasteiger partial charge in [0, 0.05) is 25.3 Å². The number of hydrazone groups is 1. The van der Waals surface area contributed by atoms with Crippen molar-refractivity contribution < 1.29 is 13.2 Å². The molecule has 3 aromatic rings. The molecule has 2 N–H and O–H groups in total. The zero-order valence-electron chi connectivity index (χ0n) is 22.9. The first-order valence-corrected chi connectivity index (χ1v) is 14.6. The largest absolute Gasteiger partial charge is 0.489 e. The Labute approximate surface area is 235 Å². The highest BCUT2D eigenvalue weighted by molar-refractivity contribution is 7.92. The lowest BCUT2D eigenvalue weighted by Gasteiger charge is -2.29. The van der Waals surface area contributed by atoms with Gasteiger partial charge in [-0.1, -0.05) is 23.7 Å². The maximum atomic E-state index is 12.9. The van der Waals surface area contributed by atoms with E-state index in [9.17, 15) is 8.42 Å². The molecule has 0 atom stereocenters. The second-order valence-corrected chi connectivity index (χ2v) is 12.7. The van der Waals surface area contributed by atoms with Crippen molar-refractivity contribution in [1.82, 2.24) is 15.0 Å². The number of ether oxygens (including phenoxy) is 1. The van der Waals surface area contributed by atoms with Gasteiger partial charge in [0.25, 0.3) is 0 Å². The van der Waals surface area contributed by atoms with Gasteiger partial charge in [-0.05, 0) is 58.4 Å². The summed E-state index contributed by atoms with van der Waals surface area (Å²) in [6, 6.07) is 10.6. The van der Waals surface area contributed by atoms with E-state index in [2.05, 4.69) is 30.6 Å². The van der Waals surface area contributed by atoms with Crippen molar-refractivity contribution in [3.63, 3.8) is 0 Å². The van der Waals surface area contributed by atoms with Crippen LogP contribution in [0.5, 0.6) is 5.75 Å². The van der Waals surface area contributed by atoms with Gasteiger partial charge in [0.15, 0.2) is 15.7 Å². The monoisotopic (exact) mass is 571 g/mol. The molecule has 0 spiro atoms. The lowest BCUT2D eigenvalue weighted by molar-refractivity contribution is 0.244. The summed E-state index contributed by atoms with van der Waals surface area (Å²) in [6.07, 6.45) is 3.21. The Bertz CT molecular complexity index is 1480. The van der Waals surface area contributed by atoms with E-state index in [0.717, 1.165) is 24.3 Å². The summed E-state index contributed by atoms with van der Waals surface area (Å²) in [5.41, 5.74) is 3.09. The molecule has 0 radical (unpaired) electrons. The molecule has 4 rings (SSSR count). The molecule has 0 fully saturated rings. The van der Waals surface area contributed by atoms with E-state index in [1.807, 2.05) is 51.3 Å². The molecule has 10 nitrogen and oxygen atoms in total. The van der Waals surface area contributed by atoms with Crippen molar-refractivity contribution in [2.45, 2.75) is 50.9 Å². The fraction of sp³-hybridized carbons (Fsp3) is 0.370. The number of sulfone groups is 1. The number of halogens is 1. The third kappa shape index (κ3) is 6.54. The van der Waals surface area contributed by atoms with Crippen LogP contribution in [0.4, 0.5) is 28.8 Å². The van der Waals surface area contributed by atoms with Gasteiger partial charge in [0.2, 0.25) is 5.95 Å². The summed E-state index contributed by atoms with van der Waals surface area (Å²) in [4.78, 5) is 11.2. The van der Waals surface area contributed by atoms with Gasteiger partial charge in [0.1, 0.15) is 17.1 Å². The quantitative estimate of drug-likeness (QED) is 0.339. The molecule has 0 saturated carbocycles. The van der Waals surface area contributed by atoms with E-state index in [1.54, 1.807) is 38.1 Å². The molecule has 0 amide bonds. The molecule has 0 saturated heterocycles. The average molecular weight is 572 g/mol. The Morgan fingerprint density at radius 3 is 2.46 bits per heavy atom. The van der Waals surface area contributed by atoms with E-state index in [0.29, 0.717) is 17.1 Å². The Balaban J connectivity index is 1.67. The number of rotatable bonds is 9. The first-order chi connectivity index (χ1) is 18.5. The van der Waals surface area contributed by atoms with E-state index < -0.39 is 15.1 Å². The van der Waals surface area contributed by atoms with Gasteiger partial charge in [0.05, 0.1) is 40.4 Å². The molecule has 2 heterocycles. The number of aryl methyl sites for hydroxylation is 1.